The number of benzene rings is 1. The molecule has 0 saturated carbocycles. The zero-order valence-electron chi connectivity index (χ0n) is 30.3. The summed E-state index contributed by atoms with van der Waals surface area (Å²) < 4.78 is 5.25. The molecule has 1 aliphatic heterocycles. The molecule has 14 heteroatoms. The smallest absolute Gasteiger partial charge is 0.407 e. The number of likely N-dealkylation sites (tertiary alicyclic amines) is 1. The van der Waals surface area contributed by atoms with E-state index < -0.39 is 71.6 Å². The van der Waals surface area contributed by atoms with Gasteiger partial charge in [0.2, 0.25) is 29.4 Å². The summed E-state index contributed by atoms with van der Waals surface area (Å²) in [4.78, 5) is 94.5. The van der Waals surface area contributed by atoms with E-state index in [2.05, 4.69) is 21.3 Å². The first-order chi connectivity index (χ1) is 22.9. The second-order valence-corrected chi connectivity index (χ2v) is 14.2. The molecule has 1 aliphatic rings. The fraction of sp³-hybridized carbons (Fsp3) is 0.629. The van der Waals surface area contributed by atoms with Gasteiger partial charge in [-0.1, -0.05) is 78.3 Å². The quantitative estimate of drug-likeness (QED) is 0.202. The summed E-state index contributed by atoms with van der Waals surface area (Å²) >= 11 is 0. The van der Waals surface area contributed by atoms with Gasteiger partial charge in [-0.15, -0.1) is 0 Å². The molecule has 14 nitrogen and oxygen atoms in total. The summed E-state index contributed by atoms with van der Waals surface area (Å²) in [5.41, 5.74) is -0.171. The Morgan fingerprint density at radius 1 is 0.959 bits per heavy atom. The normalized spacial score (nSPS) is 17.7. The SMILES string of the molecule is CCCC(NC(=O)[C@@H]1CCC(C)N1C(=O)[C@@H](NC(=O)OCC(C)C)C(C)(C)C)C(=O)C(=O)NCC(=O)N[C@H](C(=O)N(C)C)c1ccccc1. The van der Waals surface area contributed by atoms with E-state index in [-0.39, 0.29) is 30.9 Å². The third-order valence-electron chi connectivity index (χ3n) is 8.12. The average Bonchev–Trinajstić information content (AvgIpc) is 3.43. The highest BCUT2D eigenvalue weighted by atomic mass is 16.5. The number of rotatable bonds is 15. The van der Waals surface area contributed by atoms with Gasteiger partial charge in [0.25, 0.3) is 5.91 Å². The maximum absolute atomic E-state index is 13.9. The van der Waals surface area contributed by atoms with Crippen LogP contribution in [0.2, 0.25) is 0 Å². The van der Waals surface area contributed by atoms with E-state index in [9.17, 15) is 33.6 Å². The number of ketones is 1. The summed E-state index contributed by atoms with van der Waals surface area (Å²) in [6.07, 6.45) is 0.695. The van der Waals surface area contributed by atoms with Crippen LogP contribution in [-0.4, -0.2) is 103 Å². The molecule has 1 aromatic carbocycles. The van der Waals surface area contributed by atoms with Crippen molar-refractivity contribution in [2.75, 3.05) is 27.2 Å². The Kier molecular flexibility index (Phi) is 15.2. The van der Waals surface area contributed by atoms with Crippen LogP contribution in [0.15, 0.2) is 30.3 Å². The van der Waals surface area contributed by atoms with Gasteiger partial charge in [-0.25, -0.2) is 4.79 Å². The molecule has 1 heterocycles. The highest BCUT2D eigenvalue weighted by Gasteiger charge is 2.45. The first kappa shape index (κ1) is 40.7. The van der Waals surface area contributed by atoms with Crippen molar-refractivity contribution in [2.45, 2.75) is 104 Å². The summed E-state index contributed by atoms with van der Waals surface area (Å²) in [6.45, 7) is 12.4. The predicted molar refractivity (Wildman–Crippen MR) is 183 cm³/mol. The van der Waals surface area contributed by atoms with E-state index in [0.29, 0.717) is 24.8 Å². The number of hydrogen-bond donors (Lipinski definition) is 4. The molecule has 5 atom stereocenters. The Bertz CT molecular complexity index is 1340. The lowest BCUT2D eigenvalue weighted by atomic mass is 9.85. The Hall–Kier alpha value is -4.49. The number of carbonyl (C=O) groups excluding carboxylic acids is 7. The van der Waals surface area contributed by atoms with Crippen LogP contribution in [0.1, 0.15) is 85.8 Å². The minimum atomic E-state index is -1.21. The van der Waals surface area contributed by atoms with E-state index in [0.717, 1.165) is 0 Å². The van der Waals surface area contributed by atoms with Gasteiger partial charge in [-0.2, -0.15) is 0 Å². The van der Waals surface area contributed by atoms with Gasteiger partial charge in [0.05, 0.1) is 19.2 Å². The summed E-state index contributed by atoms with van der Waals surface area (Å²) in [5, 5.41) is 10.2. The minimum absolute atomic E-state index is 0.102. The Morgan fingerprint density at radius 2 is 1.59 bits per heavy atom. The number of hydrogen-bond acceptors (Lipinski definition) is 8. The molecule has 0 radical (unpaired) electrons. The van der Waals surface area contributed by atoms with Gasteiger partial charge in [-0.3, -0.25) is 28.8 Å². The summed E-state index contributed by atoms with van der Waals surface area (Å²) in [6, 6.07) is 4.14. The van der Waals surface area contributed by atoms with Gasteiger partial charge < -0.3 is 35.8 Å². The van der Waals surface area contributed by atoms with Crippen LogP contribution in [0, 0.1) is 11.3 Å². The lowest BCUT2D eigenvalue weighted by Crippen LogP contribution is -2.60. The molecule has 0 aromatic heterocycles. The number of nitrogens with zero attached hydrogens (tertiary/aromatic N) is 2. The first-order valence-corrected chi connectivity index (χ1v) is 16.8. The van der Waals surface area contributed by atoms with Crippen molar-refractivity contribution in [3.8, 4) is 0 Å². The van der Waals surface area contributed by atoms with E-state index >= 15 is 0 Å². The standard InChI is InChI=1S/C35H54N6O8/c1-10-14-24(28(43)31(45)36-19-26(42)38-27(32(46)40(8)9)23-15-12-11-13-16-23)37-30(44)25-18-17-22(4)41(25)33(47)29(35(5,6)7)39-34(48)49-20-21(2)3/h11-13,15-16,21-22,24-25,27,29H,10,14,17-20H2,1-9H3,(H,36,45)(H,37,44)(H,38,42)(H,39,48)/t22?,24?,25-,27-,29+/m0/s1. The van der Waals surface area contributed by atoms with E-state index in [1.807, 2.05) is 20.8 Å². The van der Waals surface area contributed by atoms with Crippen LogP contribution < -0.4 is 21.3 Å². The number of alkyl carbamates (subject to hydrolysis) is 1. The van der Waals surface area contributed by atoms with E-state index in [1.54, 1.807) is 72.1 Å². The average molecular weight is 687 g/mol. The van der Waals surface area contributed by atoms with Gasteiger partial charge in [0, 0.05) is 20.1 Å². The monoisotopic (exact) mass is 686 g/mol. The van der Waals surface area contributed by atoms with Crippen molar-refractivity contribution in [3.63, 3.8) is 0 Å². The number of ether oxygens (including phenoxy) is 1. The molecule has 0 aliphatic carbocycles. The number of nitrogens with one attached hydrogen (secondary N) is 4. The van der Waals surface area contributed by atoms with Crippen LogP contribution >= 0.6 is 0 Å². The van der Waals surface area contributed by atoms with Crippen LogP contribution in [0.3, 0.4) is 0 Å². The molecule has 1 aromatic rings. The molecular weight excluding hydrogens is 632 g/mol. The molecule has 49 heavy (non-hydrogen) atoms. The second kappa shape index (κ2) is 18.3. The van der Waals surface area contributed by atoms with Crippen molar-refractivity contribution >= 4 is 41.4 Å². The third kappa shape index (κ3) is 11.9. The fourth-order valence-electron chi connectivity index (χ4n) is 5.45. The molecule has 0 spiro atoms. The molecular formula is C35H54N6O8. The Labute approximate surface area is 289 Å². The maximum Gasteiger partial charge on any atom is 0.407 e. The summed E-state index contributed by atoms with van der Waals surface area (Å²) in [5.74, 6) is -4.04. The molecule has 272 valence electrons. The van der Waals surface area contributed by atoms with Crippen molar-refractivity contribution in [3.05, 3.63) is 35.9 Å². The molecule has 6 amide bonds. The Morgan fingerprint density at radius 3 is 2.14 bits per heavy atom. The molecule has 1 saturated heterocycles. The van der Waals surface area contributed by atoms with Crippen LogP contribution in [0.4, 0.5) is 4.79 Å². The largest absolute Gasteiger partial charge is 0.449 e. The zero-order valence-corrected chi connectivity index (χ0v) is 30.3. The topological polar surface area (TPSA) is 183 Å². The molecule has 4 N–H and O–H groups in total. The number of carbonyl (C=O) groups is 7. The van der Waals surface area contributed by atoms with Crippen LogP contribution in [0.5, 0.6) is 0 Å². The van der Waals surface area contributed by atoms with Crippen LogP contribution in [-0.2, 0) is 33.5 Å². The fourth-order valence-corrected chi connectivity index (χ4v) is 5.45. The van der Waals surface area contributed by atoms with Crippen molar-refractivity contribution < 1.29 is 38.3 Å². The number of amides is 6. The van der Waals surface area contributed by atoms with Gasteiger partial charge in [-0.05, 0) is 43.1 Å². The first-order valence-electron chi connectivity index (χ1n) is 16.8. The molecule has 1 fully saturated rings. The van der Waals surface area contributed by atoms with Crippen molar-refractivity contribution in [1.82, 2.24) is 31.1 Å². The van der Waals surface area contributed by atoms with Gasteiger partial charge >= 0.3 is 6.09 Å². The lowest BCUT2D eigenvalue weighted by molar-refractivity contribution is -0.145. The highest BCUT2D eigenvalue weighted by molar-refractivity contribution is 6.38. The highest BCUT2D eigenvalue weighted by Crippen LogP contribution is 2.29. The lowest BCUT2D eigenvalue weighted by Gasteiger charge is -2.37. The molecule has 2 unspecified atom stereocenters. The van der Waals surface area contributed by atoms with Crippen LogP contribution in [0.25, 0.3) is 0 Å². The molecule has 0 bridgehead atoms. The second-order valence-electron chi connectivity index (χ2n) is 14.2. The maximum atomic E-state index is 13.9. The minimum Gasteiger partial charge on any atom is -0.449 e. The number of Topliss-reactive ketones (excluding diaryl/α,β-unsaturated/α-hetero) is 1. The van der Waals surface area contributed by atoms with Crippen molar-refractivity contribution in [2.24, 2.45) is 11.3 Å². The van der Waals surface area contributed by atoms with E-state index in [4.69, 9.17) is 4.74 Å². The molecule has 2 rings (SSSR count). The predicted octanol–water partition coefficient (Wildman–Crippen LogP) is 2.08. The Balaban J connectivity index is 2.12. The van der Waals surface area contributed by atoms with Gasteiger partial charge in [0.15, 0.2) is 0 Å². The number of likely N-dealkylation sites (N-methyl/N-ethyl adjacent to an activating group) is 1. The van der Waals surface area contributed by atoms with Gasteiger partial charge in [0.1, 0.15) is 18.1 Å². The van der Waals surface area contributed by atoms with Crippen molar-refractivity contribution in [1.29, 1.82) is 0 Å². The third-order valence-corrected chi connectivity index (χ3v) is 8.12. The zero-order chi connectivity index (χ0) is 37.1. The summed E-state index contributed by atoms with van der Waals surface area (Å²) in [7, 11) is 3.11. The van der Waals surface area contributed by atoms with E-state index in [1.165, 1.54) is 9.80 Å².